The van der Waals surface area contributed by atoms with Gasteiger partial charge in [0.1, 0.15) is 5.69 Å². The lowest BCUT2D eigenvalue weighted by atomic mass is 9.94. The predicted molar refractivity (Wildman–Crippen MR) is 81.6 cm³/mol. The van der Waals surface area contributed by atoms with Crippen molar-refractivity contribution < 1.29 is 9.72 Å². The van der Waals surface area contributed by atoms with Crippen molar-refractivity contribution in [3.05, 3.63) is 33.3 Å². The highest BCUT2D eigenvalue weighted by Crippen LogP contribution is 2.28. The summed E-state index contributed by atoms with van der Waals surface area (Å²) in [6, 6.07) is 4.22. The van der Waals surface area contributed by atoms with Crippen LogP contribution in [-0.2, 0) is 4.79 Å². The summed E-state index contributed by atoms with van der Waals surface area (Å²) in [7, 11) is 0. The Hall–Kier alpha value is -1.66. The zero-order valence-corrected chi connectivity index (χ0v) is 12.4. The molecule has 1 aliphatic rings. The third kappa shape index (κ3) is 4.68. The maximum absolute atomic E-state index is 11.9. The van der Waals surface area contributed by atoms with E-state index in [1.165, 1.54) is 18.2 Å². The third-order valence-electron chi connectivity index (χ3n) is 3.61. The number of amides is 1. The van der Waals surface area contributed by atoms with Crippen molar-refractivity contribution in [1.29, 1.82) is 0 Å². The standard InChI is InChI=1S/C14H18ClN3O3/c15-11-4-5-12(13(8-11)18(20)21)17-14(19)6-3-10-2-1-7-16-9-10/h4-5,8,10,16H,1-3,6-7,9H2,(H,17,19). The first-order valence-corrected chi connectivity index (χ1v) is 7.38. The molecule has 1 fully saturated rings. The first kappa shape index (κ1) is 15.7. The van der Waals surface area contributed by atoms with E-state index >= 15 is 0 Å². The van der Waals surface area contributed by atoms with E-state index in [1.54, 1.807) is 0 Å². The van der Waals surface area contributed by atoms with Gasteiger partial charge in [-0.3, -0.25) is 14.9 Å². The summed E-state index contributed by atoms with van der Waals surface area (Å²) in [5.74, 6) is 0.302. The minimum atomic E-state index is -0.549. The molecule has 2 rings (SSSR count). The quantitative estimate of drug-likeness (QED) is 0.646. The van der Waals surface area contributed by atoms with Gasteiger partial charge in [-0.1, -0.05) is 11.6 Å². The number of carbonyl (C=O) groups excluding carboxylic acids is 1. The van der Waals surface area contributed by atoms with Gasteiger partial charge in [0.2, 0.25) is 5.91 Å². The van der Waals surface area contributed by atoms with Crippen LogP contribution in [0.2, 0.25) is 5.02 Å². The summed E-state index contributed by atoms with van der Waals surface area (Å²) in [4.78, 5) is 22.3. The largest absolute Gasteiger partial charge is 0.320 e. The van der Waals surface area contributed by atoms with Gasteiger partial charge in [0.25, 0.3) is 5.69 Å². The van der Waals surface area contributed by atoms with E-state index in [-0.39, 0.29) is 22.3 Å². The monoisotopic (exact) mass is 311 g/mol. The van der Waals surface area contributed by atoms with Gasteiger partial charge in [0, 0.05) is 17.5 Å². The van der Waals surface area contributed by atoms with Gasteiger partial charge < -0.3 is 10.6 Å². The molecule has 1 saturated heterocycles. The smallest absolute Gasteiger partial charge is 0.294 e. The van der Waals surface area contributed by atoms with Crippen LogP contribution in [0, 0.1) is 16.0 Å². The fraction of sp³-hybridized carbons (Fsp3) is 0.500. The van der Waals surface area contributed by atoms with Crippen LogP contribution >= 0.6 is 11.6 Å². The Labute approximate surface area is 128 Å². The predicted octanol–water partition coefficient (Wildman–Crippen LogP) is 2.97. The number of halogens is 1. The first-order chi connectivity index (χ1) is 10.1. The van der Waals surface area contributed by atoms with Crippen molar-refractivity contribution in [2.24, 2.45) is 5.92 Å². The summed E-state index contributed by atoms with van der Waals surface area (Å²) in [6.45, 7) is 1.98. The Bertz CT molecular complexity index is 530. The van der Waals surface area contributed by atoms with Crippen molar-refractivity contribution in [1.82, 2.24) is 5.32 Å². The van der Waals surface area contributed by atoms with Crippen molar-refractivity contribution in [3.8, 4) is 0 Å². The molecule has 1 aliphatic heterocycles. The van der Waals surface area contributed by atoms with Crippen LogP contribution in [-0.4, -0.2) is 23.9 Å². The van der Waals surface area contributed by atoms with Gasteiger partial charge in [-0.05, 0) is 50.4 Å². The lowest BCUT2D eigenvalue weighted by Gasteiger charge is -2.22. The average Bonchev–Trinajstić information content (AvgIpc) is 2.48. The van der Waals surface area contributed by atoms with Crippen molar-refractivity contribution >= 4 is 28.9 Å². The number of carbonyl (C=O) groups is 1. The first-order valence-electron chi connectivity index (χ1n) is 7.01. The van der Waals surface area contributed by atoms with Crippen LogP contribution in [0.5, 0.6) is 0 Å². The maximum Gasteiger partial charge on any atom is 0.294 e. The Kier molecular flexibility index (Phi) is 5.52. The summed E-state index contributed by atoms with van der Waals surface area (Å²) in [6.07, 6.45) is 3.42. The van der Waals surface area contributed by atoms with Crippen molar-refractivity contribution in [2.75, 3.05) is 18.4 Å². The average molecular weight is 312 g/mol. The number of anilines is 1. The number of benzene rings is 1. The fourth-order valence-corrected chi connectivity index (χ4v) is 2.65. The van der Waals surface area contributed by atoms with Crippen LogP contribution in [0.15, 0.2) is 18.2 Å². The number of rotatable bonds is 5. The van der Waals surface area contributed by atoms with Gasteiger partial charge in [-0.15, -0.1) is 0 Å². The number of nitrogens with zero attached hydrogens (tertiary/aromatic N) is 1. The maximum atomic E-state index is 11.9. The van der Waals surface area contributed by atoms with Gasteiger partial charge in [-0.2, -0.15) is 0 Å². The second-order valence-electron chi connectivity index (χ2n) is 5.22. The van der Waals surface area contributed by atoms with Crippen molar-refractivity contribution in [3.63, 3.8) is 0 Å². The normalized spacial score (nSPS) is 18.2. The van der Waals surface area contributed by atoms with Gasteiger partial charge in [0.15, 0.2) is 0 Å². The van der Waals surface area contributed by atoms with E-state index in [9.17, 15) is 14.9 Å². The Morgan fingerprint density at radius 1 is 1.52 bits per heavy atom. The highest BCUT2D eigenvalue weighted by Gasteiger charge is 2.18. The second-order valence-corrected chi connectivity index (χ2v) is 5.65. The van der Waals surface area contributed by atoms with Crippen LogP contribution in [0.1, 0.15) is 25.7 Å². The van der Waals surface area contributed by atoms with Crippen LogP contribution in [0.4, 0.5) is 11.4 Å². The molecule has 114 valence electrons. The molecule has 0 spiro atoms. The minimum absolute atomic E-state index is 0.185. The molecule has 0 aromatic heterocycles. The summed E-state index contributed by atoms with van der Waals surface area (Å²) in [5.41, 5.74) is 0.00588. The Morgan fingerprint density at radius 3 is 3.00 bits per heavy atom. The second kappa shape index (κ2) is 7.38. The molecule has 1 aromatic carbocycles. The molecule has 1 aromatic rings. The van der Waals surface area contributed by atoms with E-state index in [0.717, 1.165) is 32.4 Å². The molecule has 7 heteroatoms. The molecule has 0 saturated carbocycles. The molecule has 2 N–H and O–H groups in total. The lowest BCUT2D eigenvalue weighted by Crippen LogP contribution is -2.30. The highest BCUT2D eigenvalue weighted by atomic mass is 35.5. The minimum Gasteiger partial charge on any atom is -0.320 e. The molecule has 21 heavy (non-hydrogen) atoms. The number of piperidine rings is 1. The fourth-order valence-electron chi connectivity index (χ4n) is 2.48. The Morgan fingerprint density at radius 2 is 2.33 bits per heavy atom. The number of hydrogen-bond acceptors (Lipinski definition) is 4. The zero-order chi connectivity index (χ0) is 15.2. The van der Waals surface area contributed by atoms with Gasteiger partial charge >= 0.3 is 0 Å². The highest BCUT2D eigenvalue weighted by molar-refractivity contribution is 6.31. The van der Waals surface area contributed by atoms with E-state index in [0.29, 0.717) is 12.3 Å². The number of nitro benzene ring substituents is 1. The van der Waals surface area contributed by atoms with Gasteiger partial charge in [0.05, 0.1) is 4.92 Å². The van der Waals surface area contributed by atoms with Crippen LogP contribution in [0.3, 0.4) is 0 Å². The van der Waals surface area contributed by atoms with Gasteiger partial charge in [-0.25, -0.2) is 0 Å². The molecule has 1 amide bonds. The molecular formula is C14H18ClN3O3. The summed E-state index contributed by atoms with van der Waals surface area (Å²) in [5, 5.41) is 17.1. The molecule has 0 radical (unpaired) electrons. The van der Waals surface area contributed by atoms with E-state index in [1.807, 2.05) is 0 Å². The van der Waals surface area contributed by atoms with E-state index < -0.39 is 4.92 Å². The summed E-state index contributed by atoms with van der Waals surface area (Å²) >= 11 is 5.74. The van der Waals surface area contributed by atoms with Crippen LogP contribution in [0.25, 0.3) is 0 Å². The molecule has 1 atom stereocenters. The Balaban J connectivity index is 1.91. The third-order valence-corrected chi connectivity index (χ3v) is 3.84. The molecule has 6 nitrogen and oxygen atoms in total. The topological polar surface area (TPSA) is 84.3 Å². The molecule has 0 bridgehead atoms. The molecule has 1 heterocycles. The zero-order valence-electron chi connectivity index (χ0n) is 11.6. The molecule has 0 aliphatic carbocycles. The van der Waals surface area contributed by atoms with E-state index in [4.69, 9.17) is 11.6 Å². The van der Waals surface area contributed by atoms with E-state index in [2.05, 4.69) is 10.6 Å². The van der Waals surface area contributed by atoms with Crippen LogP contribution < -0.4 is 10.6 Å². The number of nitrogens with one attached hydrogen (secondary N) is 2. The van der Waals surface area contributed by atoms with Crippen molar-refractivity contribution in [2.45, 2.75) is 25.7 Å². The molecule has 1 unspecified atom stereocenters. The SMILES string of the molecule is O=C(CCC1CCCNC1)Nc1ccc(Cl)cc1[N+](=O)[O-]. The molecular weight excluding hydrogens is 294 g/mol. The number of hydrogen-bond donors (Lipinski definition) is 2. The number of nitro groups is 1. The lowest BCUT2D eigenvalue weighted by molar-refractivity contribution is -0.383. The summed E-state index contributed by atoms with van der Waals surface area (Å²) < 4.78 is 0.